The van der Waals surface area contributed by atoms with Crippen molar-refractivity contribution >= 4 is 22.6 Å². The highest BCUT2D eigenvalue weighted by Crippen LogP contribution is 2.29. The van der Waals surface area contributed by atoms with Crippen LogP contribution in [0.1, 0.15) is 25.2 Å². The van der Waals surface area contributed by atoms with E-state index in [2.05, 4.69) is 29.5 Å². The van der Waals surface area contributed by atoms with Gasteiger partial charge in [0, 0.05) is 19.0 Å². The van der Waals surface area contributed by atoms with Crippen LogP contribution in [0, 0.1) is 6.92 Å². The summed E-state index contributed by atoms with van der Waals surface area (Å²) in [5.41, 5.74) is 8.72. The molecule has 0 aliphatic rings. The van der Waals surface area contributed by atoms with Gasteiger partial charge < -0.3 is 10.3 Å². The molecule has 0 aliphatic carbocycles. The summed E-state index contributed by atoms with van der Waals surface area (Å²) in [6.07, 6.45) is 0. The van der Waals surface area contributed by atoms with E-state index >= 15 is 0 Å². The van der Waals surface area contributed by atoms with Crippen LogP contribution < -0.4 is 5.73 Å². The van der Waals surface area contributed by atoms with Crippen LogP contribution in [0.5, 0.6) is 0 Å². The maximum Gasteiger partial charge on any atom is 0.116 e. The monoisotopic (exact) mass is 251 g/mol. The third kappa shape index (κ3) is 1.94. The molecule has 1 aromatic heterocycles. The van der Waals surface area contributed by atoms with E-state index in [0.717, 1.165) is 22.4 Å². The molecule has 1 heterocycles. The molecule has 0 fully saturated rings. The van der Waals surface area contributed by atoms with E-state index in [0.29, 0.717) is 11.6 Å². The van der Waals surface area contributed by atoms with Crippen molar-refractivity contribution < 1.29 is 0 Å². The molecule has 0 aliphatic heterocycles. The number of imidazole rings is 1. The van der Waals surface area contributed by atoms with Crippen LogP contribution in [0.15, 0.2) is 12.1 Å². The maximum atomic E-state index is 6.23. The molecule has 1 aromatic carbocycles. The normalized spacial score (nSPS) is 12.4. The van der Waals surface area contributed by atoms with Crippen molar-refractivity contribution in [2.45, 2.75) is 26.2 Å². The third-order valence-corrected chi connectivity index (χ3v) is 3.49. The highest BCUT2D eigenvalue weighted by atomic mass is 35.5. The Bertz CT molecular complexity index is 570. The summed E-state index contributed by atoms with van der Waals surface area (Å²) in [6, 6.07) is 4.04. The van der Waals surface area contributed by atoms with Gasteiger partial charge in [0.25, 0.3) is 0 Å². The fraction of sp³-hybridized carbons (Fsp3) is 0.462. The summed E-state index contributed by atoms with van der Waals surface area (Å²) in [4.78, 5) is 4.65. The molecule has 2 rings (SSSR count). The van der Waals surface area contributed by atoms with Crippen LogP contribution in [0.3, 0.4) is 0 Å². The first kappa shape index (κ1) is 12.4. The molecule has 3 nitrogen and oxygen atoms in total. The Morgan fingerprint density at radius 3 is 2.65 bits per heavy atom. The van der Waals surface area contributed by atoms with Crippen molar-refractivity contribution in [3.05, 3.63) is 28.5 Å². The quantitative estimate of drug-likeness (QED) is 0.892. The number of aromatic nitrogens is 2. The molecule has 2 aromatic rings. The van der Waals surface area contributed by atoms with Gasteiger partial charge in [-0.25, -0.2) is 4.98 Å². The zero-order valence-electron chi connectivity index (χ0n) is 10.7. The average Bonchev–Trinajstić information content (AvgIpc) is 2.58. The number of fused-ring (bicyclic) bond motifs is 1. The van der Waals surface area contributed by atoms with Gasteiger partial charge in [-0.3, -0.25) is 0 Å². The smallest absolute Gasteiger partial charge is 0.116 e. The van der Waals surface area contributed by atoms with E-state index in [1.807, 2.05) is 20.0 Å². The van der Waals surface area contributed by atoms with Crippen LogP contribution in [0.2, 0.25) is 5.02 Å². The van der Waals surface area contributed by atoms with Crippen LogP contribution in [0.25, 0.3) is 11.0 Å². The van der Waals surface area contributed by atoms with Gasteiger partial charge in [-0.2, -0.15) is 0 Å². The second-order valence-corrected chi connectivity index (χ2v) is 5.60. The molecule has 0 unspecified atom stereocenters. The second kappa shape index (κ2) is 4.00. The Morgan fingerprint density at radius 1 is 1.41 bits per heavy atom. The predicted molar refractivity (Wildman–Crippen MR) is 72.5 cm³/mol. The molecule has 0 bridgehead atoms. The van der Waals surface area contributed by atoms with E-state index < -0.39 is 0 Å². The molecule has 0 atom stereocenters. The van der Waals surface area contributed by atoms with Crippen molar-refractivity contribution in [1.82, 2.24) is 9.55 Å². The lowest BCUT2D eigenvalue weighted by atomic mass is 9.93. The van der Waals surface area contributed by atoms with E-state index in [1.54, 1.807) is 0 Å². The number of halogens is 1. The van der Waals surface area contributed by atoms with Crippen molar-refractivity contribution in [2.24, 2.45) is 12.8 Å². The highest BCUT2D eigenvalue weighted by molar-refractivity contribution is 6.35. The van der Waals surface area contributed by atoms with Gasteiger partial charge in [0.15, 0.2) is 0 Å². The van der Waals surface area contributed by atoms with E-state index in [1.165, 1.54) is 0 Å². The molecular formula is C13H18ClN3. The SMILES string of the molecule is Cc1cc(Cl)c2nc(C(C)(C)CN)n(C)c2c1. The minimum atomic E-state index is -0.148. The maximum absolute atomic E-state index is 6.23. The topological polar surface area (TPSA) is 43.8 Å². The lowest BCUT2D eigenvalue weighted by Gasteiger charge is -2.21. The minimum absolute atomic E-state index is 0.148. The first-order valence-corrected chi connectivity index (χ1v) is 6.08. The number of benzene rings is 1. The number of hydrogen-bond acceptors (Lipinski definition) is 2. The van der Waals surface area contributed by atoms with Gasteiger partial charge in [-0.1, -0.05) is 25.4 Å². The van der Waals surface area contributed by atoms with E-state index in [-0.39, 0.29) is 5.41 Å². The van der Waals surface area contributed by atoms with Crippen LogP contribution in [-0.4, -0.2) is 16.1 Å². The summed E-state index contributed by atoms with van der Waals surface area (Å²) < 4.78 is 2.08. The number of hydrogen-bond donors (Lipinski definition) is 1. The molecule has 0 saturated carbocycles. The van der Waals surface area contributed by atoms with Gasteiger partial charge in [-0.15, -0.1) is 0 Å². The van der Waals surface area contributed by atoms with Gasteiger partial charge in [0.1, 0.15) is 11.3 Å². The summed E-state index contributed by atoms with van der Waals surface area (Å²) in [6.45, 7) is 6.77. The van der Waals surface area contributed by atoms with Crippen LogP contribution in [0.4, 0.5) is 0 Å². The standard InChI is InChI=1S/C13H18ClN3/c1-8-5-9(14)11-10(6-8)17(4)12(16-11)13(2,3)7-15/h5-6H,7,15H2,1-4H3. The lowest BCUT2D eigenvalue weighted by molar-refractivity contribution is 0.487. The predicted octanol–water partition coefficient (Wildman–Crippen LogP) is 2.77. The first-order valence-electron chi connectivity index (χ1n) is 5.70. The zero-order chi connectivity index (χ0) is 12.8. The average molecular weight is 252 g/mol. The molecule has 0 saturated heterocycles. The van der Waals surface area contributed by atoms with Crippen molar-refractivity contribution in [2.75, 3.05) is 6.54 Å². The summed E-state index contributed by atoms with van der Waals surface area (Å²) in [5.74, 6) is 0.975. The van der Waals surface area contributed by atoms with Crippen LogP contribution in [-0.2, 0) is 12.5 Å². The first-order chi connectivity index (χ1) is 7.86. The molecular weight excluding hydrogens is 234 g/mol. The molecule has 0 radical (unpaired) electrons. The van der Waals surface area contributed by atoms with Crippen molar-refractivity contribution in [3.8, 4) is 0 Å². The summed E-state index contributed by atoms with van der Waals surface area (Å²) in [7, 11) is 2.01. The van der Waals surface area contributed by atoms with E-state index in [9.17, 15) is 0 Å². The molecule has 0 spiro atoms. The molecule has 0 amide bonds. The Hall–Kier alpha value is -1.06. The van der Waals surface area contributed by atoms with Crippen molar-refractivity contribution in [3.63, 3.8) is 0 Å². The van der Waals surface area contributed by atoms with E-state index in [4.69, 9.17) is 17.3 Å². The summed E-state index contributed by atoms with van der Waals surface area (Å²) >= 11 is 6.23. The third-order valence-electron chi connectivity index (χ3n) is 3.20. The van der Waals surface area contributed by atoms with Gasteiger partial charge >= 0.3 is 0 Å². The Morgan fingerprint density at radius 2 is 2.06 bits per heavy atom. The van der Waals surface area contributed by atoms with Crippen molar-refractivity contribution in [1.29, 1.82) is 0 Å². The number of nitrogens with two attached hydrogens (primary N) is 1. The molecule has 17 heavy (non-hydrogen) atoms. The molecule has 92 valence electrons. The number of rotatable bonds is 2. The Labute approximate surface area is 107 Å². The number of aryl methyl sites for hydroxylation is 2. The van der Waals surface area contributed by atoms with Gasteiger partial charge in [0.2, 0.25) is 0 Å². The number of nitrogens with zero attached hydrogens (tertiary/aromatic N) is 2. The lowest BCUT2D eigenvalue weighted by Crippen LogP contribution is -2.31. The zero-order valence-corrected chi connectivity index (χ0v) is 11.5. The fourth-order valence-electron chi connectivity index (χ4n) is 2.07. The molecule has 4 heteroatoms. The molecule has 2 N–H and O–H groups in total. The van der Waals surface area contributed by atoms with Gasteiger partial charge in [0.05, 0.1) is 10.5 Å². The van der Waals surface area contributed by atoms with Gasteiger partial charge in [-0.05, 0) is 24.6 Å². The Balaban J connectivity index is 2.77. The summed E-state index contributed by atoms with van der Waals surface area (Å²) in [5, 5.41) is 0.703. The second-order valence-electron chi connectivity index (χ2n) is 5.20. The Kier molecular flexibility index (Phi) is 2.92. The highest BCUT2D eigenvalue weighted by Gasteiger charge is 2.25. The largest absolute Gasteiger partial charge is 0.331 e. The van der Waals surface area contributed by atoms with Crippen LogP contribution >= 0.6 is 11.6 Å². The minimum Gasteiger partial charge on any atom is -0.331 e. The fourth-order valence-corrected chi connectivity index (χ4v) is 2.39.